The molecule has 1 aromatic heterocycles. The van der Waals surface area contributed by atoms with Crippen LogP contribution in [0.3, 0.4) is 0 Å². The lowest BCUT2D eigenvalue weighted by Gasteiger charge is -2.36. The summed E-state index contributed by atoms with van der Waals surface area (Å²) in [5.41, 5.74) is 1.33. The van der Waals surface area contributed by atoms with Crippen molar-refractivity contribution in [3.63, 3.8) is 0 Å². The fourth-order valence-electron chi connectivity index (χ4n) is 2.78. The van der Waals surface area contributed by atoms with Crippen LogP contribution in [0.25, 0.3) is 0 Å². The van der Waals surface area contributed by atoms with Gasteiger partial charge in [-0.25, -0.2) is 0 Å². The van der Waals surface area contributed by atoms with Gasteiger partial charge < -0.3 is 19.6 Å². The number of anilines is 1. The first-order valence-electron chi connectivity index (χ1n) is 7.51. The van der Waals surface area contributed by atoms with Crippen molar-refractivity contribution in [2.24, 2.45) is 0 Å². The minimum Gasteiger partial charge on any atom is -0.505 e. The number of ether oxygens (including phenoxy) is 1. The molecule has 0 unspecified atom stereocenters. The Labute approximate surface area is 134 Å². The van der Waals surface area contributed by atoms with E-state index >= 15 is 0 Å². The molecule has 1 aromatic carbocycles. The largest absolute Gasteiger partial charge is 0.505 e. The molecule has 0 radical (unpaired) electrons. The molecular weight excluding hydrogens is 294 g/mol. The lowest BCUT2D eigenvalue weighted by Crippen LogP contribution is -2.48. The summed E-state index contributed by atoms with van der Waals surface area (Å²) >= 11 is 0. The number of aromatic hydroxyl groups is 1. The van der Waals surface area contributed by atoms with Crippen LogP contribution in [-0.2, 0) is 0 Å². The second-order valence-electron chi connectivity index (χ2n) is 5.34. The van der Waals surface area contributed by atoms with E-state index in [1.54, 1.807) is 18.1 Å². The molecule has 0 atom stereocenters. The maximum atomic E-state index is 12.5. The van der Waals surface area contributed by atoms with E-state index in [-0.39, 0.29) is 11.7 Å². The van der Waals surface area contributed by atoms with Gasteiger partial charge in [0.25, 0.3) is 5.91 Å². The molecule has 1 fully saturated rings. The number of carbonyl (C=O) groups is 1. The Morgan fingerprint density at radius 3 is 2.61 bits per heavy atom. The number of hydrogen-bond acceptors (Lipinski definition) is 5. The first-order chi connectivity index (χ1) is 11.2. The summed E-state index contributed by atoms with van der Waals surface area (Å²) in [6.07, 6.45) is 2.80. The normalized spacial score (nSPS) is 14.7. The Hall–Kier alpha value is -2.76. The van der Waals surface area contributed by atoms with Crippen LogP contribution in [0.15, 0.2) is 42.7 Å². The number of hydrogen-bond donors (Lipinski definition) is 1. The highest BCUT2D eigenvalue weighted by molar-refractivity contribution is 5.96. The van der Waals surface area contributed by atoms with Gasteiger partial charge in [-0.05, 0) is 18.2 Å². The molecule has 1 aliphatic heterocycles. The zero-order valence-corrected chi connectivity index (χ0v) is 13.0. The Balaban J connectivity index is 1.69. The number of pyridine rings is 1. The highest BCUT2D eigenvalue weighted by Gasteiger charge is 2.25. The predicted molar refractivity (Wildman–Crippen MR) is 87.0 cm³/mol. The number of amides is 1. The summed E-state index contributed by atoms with van der Waals surface area (Å²) in [6, 6.07) is 9.41. The van der Waals surface area contributed by atoms with Crippen molar-refractivity contribution in [2.75, 3.05) is 38.2 Å². The molecule has 0 saturated carbocycles. The molecule has 120 valence electrons. The molecule has 2 heterocycles. The Morgan fingerprint density at radius 2 is 1.91 bits per heavy atom. The van der Waals surface area contributed by atoms with E-state index in [1.807, 2.05) is 24.3 Å². The molecule has 0 bridgehead atoms. The van der Waals surface area contributed by atoms with Crippen LogP contribution in [0.1, 0.15) is 10.4 Å². The zero-order valence-electron chi connectivity index (χ0n) is 13.0. The van der Waals surface area contributed by atoms with Gasteiger partial charge in [-0.2, -0.15) is 0 Å². The number of rotatable bonds is 3. The molecule has 1 saturated heterocycles. The molecule has 0 spiro atoms. The van der Waals surface area contributed by atoms with E-state index in [9.17, 15) is 9.90 Å². The van der Waals surface area contributed by atoms with Crippen LogP contribution < -0.4 is 9.64 Å². The third-order valence-electron chi connectivity index (χ3n) is 4.02. The SMILES string of the molecule is COc1ccccc1N1CCN(C(=O)c2ccncc2O)CC1. The second-order valence-corrected chi connectivity index (χ2v) is 5.34. The van der Waals surface area contributed by atoms with Crippen LogP contribution in [0.4, 0.5) is 5.69 Å². The summed E-state index contributed by atoms with van der Waals surface area (Å²) in [6.45, 7) is 2.63. The van der Waals surface area contributed by atoms with Crippen LogP contribution in [0.5, 0.6) is 11.5 Å². The maximum Gasteiger partial charge on any atom is 0.257 e. The van der Waals surface area contributed by atoms with Gasteiger partial charge >= 0.3 is 0 Å². The lowest BCUT2D eigenvalue weighted by molar-refractivity contribution is 0.0743. The zero-order chi connectivity index (χ0) is 16.2. The van der Waals surface area contributed by atoms with E-state index in [4.69, 9.17) is 4.74 Å². The lowest BCUT2D eigenvalue weighted by atomic mass is 10.2. The number of benzene rings is 1. The topological polar surface area (TPSA) is 65.9 Å². The van der Waals surface area contributed by atoms with E-state index in [2.05, 4.69) is 9.88 Å². The predicted octanol–water partition coefficient (Wildman–Crippen LogP) is 1.76. The first kappa shape index (κ1) is 15.1. The Bertz CT molecular complexity index is 697. The molecule has 23 heavy (non-hydrogen) atoms. The van der Waals surface area contributed by atoms with Crippen molar-refractivity contribution in [1.82, 2.24) is 9.88 Å². The number of piperazine rings is 1. The third-order valence-corrected chi connectivity index (χ3v) is 4.02. The van der Waals surface area contributed by atoms with Crippen LogP contribution >= 0.6 is 0 Å². The molecule has 1 N–H and O–H groups in total. The van der Waals surface area contributed by atoms with E-state index < -0.39 is 0 Å². The summed E-state index contributed by atoms with van der Waals surface area (Å²) in [4.78, 5) is 20.2. The van der Waals surface area contributed by atoms with Crippen LogP contribution in [-0.4, -0.2) is 54.2 Å². The third kappa shape index (κ3) is 3.06. The fourth-order valence-corrected chi connectivity index (χ4v) is 2.78. The second kappa shape index (κ2) is 6.56. The molecule has 0 aliphatic carbocycles. The van der Waals surface area contributed by atoms with Crippen LogP contribution in [0, 0.1) is 0 Å². The molecule has 6 heteroatoms. The number of aromatic nitrogens is 1. The van der Waals surface area contributed by atoms with Crippen molar-refractivity contribution in [3.05, 3.63) is 48.3 Å². The molecule has 1 aliphatic rings. The molecule has 2 aromatic rings. The number of para-hydroxylation sites is 2. The van der Waals surface area contributed by atoms with Gasteiger partial charge in [0.05, 0.1) is 24.6 Å². The Morgan fingerprint density at radius 1 is 1.17 bits per heavy atom. The van der Waals surface area contributed by atoms with Crippen LogP contribution in [0.2, 0.25) is 0 Å². The minimum atomic E-state index is -0.162. The van der Waals surface area contributed by atoms with Crippen molar-refractivity contribution in [2.45, 2.75) is 0 Å². The average Bonchev–Trinajstić information content (AvgIpc) is 2.61. The number of methoxy groups -OCH3 is 1. The number of carbonyl (C=O) groups excluding carboxylic acids is 1. The van der Waals surface area contributed by atoms with E-state index in [0.29, 0.717) is 18.7 Å². The monoisotopic (exact) mass is 313 g/mol. The van der Waals surface area contributed by atoms with E-state index in [1.165, 1.54) is 12.4 Å². The van der Waals surface area contributed by atoms with Gasteiger partial charge in [0.1, 0.15) is 11.5 Å². The summed E-state index contributed by atoms with van der Waals surface area (Å²) in [5.74, 6) is 0.591. The summed E-state index contributed by atoms with van der Waals surface area (Å²) in [7, 11) is 1.66. The molecule has 6 nitrogen and oxygen atoms in total. The highest BCUT2D eigenvalue weighted by Crippen LogP contribution is 2.28. The van der Waals surface area contributed by atoms with Crippen molar-refractivity contribution < 1.29 is 14.6 Å². The smallest absolute Gasteiger partial charge is 0.257 e. The molecule has 1 amide bonds. The van der Waals surface area contributed by atoms with Crippen molar-refractivity contribution in [1.29, 1.82) is 0 Å². The Kier molecular flexibility index (Phi) is 4.32. The van der Waals surface area contributed by atoms with Gasteiger partial charge in [-0.3, -0.25) is 9.78 Å². The first-order valence-corrected chi connectivity index (χ1v) is 7.51. The number of nitrogens with zero attached hydrogens (tertiary/aromatic N) is 3. The summed E-state index contributed by atoms with van der Waals surface area (Å²) < 4.78 is 5.40. The van der Waals surface area contributed by atoms with Crippen molar-refractivity contribution >= 4 is 11.6 Å². The summed E-state index contributed by atoms with van der Waals surface area (Å²) in [5, 5.41) is 9.77. The van der Waals surface area contributed by atoms with E-state index in [0.717, 1.165) is 24.5 Å². The van der Waals surface area contributed by atoms with Crippen molar-refractivity contribution in [3.8, 4) is 11.5 Å². The standard InChI is InChI=1S/C17H19N3O3/c1-23-16-5-3-2-4-14(16)19-8-10-20(11-9-19)17(22)13-6-7-18-12-15(13)21/h2-7,12,21H,8-11H2,1H3. The molecule has 3 rings (SSSR count). The quantitative estimate of drug-likeness (QED) is 0.935. The average molecular weight is 313 g/mol. The fraction of sp³-hybridized carbons (Fsp3) is 0.294. The van der Waals surface area contributed by atoms with Gasteiger partial charge in [0.15, 0.2) is 0 Å². The minimum absolute atomic E-state index is 0.0790. The van der Waals surface area contributed by atoms with Gasteiger partial charge in [-0.15, -0.1) is 0 Å². The maximum absolute atomic E-state index is 12.5. The highest BCUT2D eigenvalue weighted by atomic mass is 16.5. The van der Waals surface area contributed by atoms with Gasteiger partial charge in [0, 0.05) is 32.4 Å². The van der Waals surface area contributed by atoms with Gasteiger partial charge in [0.2, 0.25) is 0 Å². The van der Waals surface area contributed by atoms with Gasteiger partial charge in [-0.1, -0.05) is 12.1 Å². The molecular formula is C17H19N3O3.